The molecule has 2 aromatic heterocycles. The average molecular weight is 481 g/mol. The van der Waals surface area contributed by atoms with E-state index in [4.69, 9.17) is 16.3 Å². The molecule has 0 N–H and O–H groups in total. The summed E-state index contributed by atoms with van der Waals surface area (Å²) in [5, 5.41) is 1.24. The zero-order valence-corrected chi connectivity index (χ0v) is 18.5. The number of fused-ring (bicyclic) bond motifs is 2. The highest BCUT2D eigenvalue weighted by Crippen LogP contribution is 2.42. The Hall–Kier alpha value is -3.84. The minimum atomic E-state index is -4.87. The van der Waals surface area contributed by atoms with Crippen LogP contribution in [0, 0.1) is 0 Å². The topological polar surface area (TPSA) is 44.1 Å². The monoisotopic (exact) mass is 480 g/mol. The molecule has 4 nitrogen and oxygen atoms in total. The van der Waals surface area contributed by atoms with E-state index in [2.05, 4.69) is 4.98 Å². The van der Waals surface area contributed by atoms with Crippen LogP contribution < -0.4 is 10.3 Å². The molecule has 0 spiro atoms. The van der Waals surface area contributed by atoms with Crippen molar-refractivity contribution < 1.29 is 17.9 Å². The number of benzene rings is 3. The van der Waals surface area contributed by atoms with Crippen LogP contribution in [0.1, 0.15) is 5.69 Å². The molecule has 170 valence electrons. The number of pyridine rings is 2. The maximum Gasteiger partial charge on any atom is 0.432 e. The number of alkyl halides is 3. The molecule has 0 bridgehead atoms. The van der Waals surface area contributed by atoms with Crippen molar-refractivity contribution in [2.45, 2.75) is 6.18 Å². The molecule has 0 aliphatic carbocycles. The van der Waals surface area contributed by atoms with E-state index in [1.165, 1.54) is 55.8 Å². The summed E-state index contributed by atoms with van der Waals surface area (Å²) in [5.74, 6) is 0.333. The third kappa shape index (κ3) is 3.58. The second-order valence-corrected chi connectivity index (χ2v) is 8.07. The van der Waals surface area contributed by atoms with Crippen LogP contribution in [0.15, 0.2) is 83.8 Å². The number of hydrogen-bond donors (Lipinski definition) is 0. The summed E-state index contributed by atoms with van der Waals surface area (Å²) >= 11 is 6.01. The van der Waals surface area contributed by atoms with E-state index >= 15 is 0 Å². The SMILES string of the molecule is COc1ccc2c(=O)n(-c3cccc4cccnc34)c(C(F)(F)F)c(-c3ccc(Cl)cc3)c2c1. The first-order valence-corrected chi connectivity index (χ1v) is 10.6. The molecule has 3 aromatic carbocycles. The summed E-state index contributed by atoms with van der Waals surface area (Å²) < 4.78 is 50.4. The fourth-order valence-electron chi connectivity index (χ4n) is 4.18. The van der Waals surface area contributed by atoms with Crippen LogP contribution in [-0.4, -0.2) is 16.7 Å². The van der Waals surface area contributed by atoms with E-state index in [1.807, 2.05) is 0 Å². The van der Waals surface area contributed by atoms with Gasteiger partial charge < -0.3 is 4.74 Å². The Kier molecular flexibility index (Phi) is 5.29. The van der Waals surface area contributed by atoms with Crippen molar-refractivity contribution in [1.82, 2.24) is 9.55 Å². The van der Waals surface area contributed by atoms with Crippen LogP contribution in [0.5, 0.6) is 5.75 Å². The van der Waals surface area contributed by atoms with Crippen LogP contribution in [-0.2, 0) is 6.18 Å². The first-order valence-electron chi connectivity index (χ1n) is 10.2. The number of aromatic nitrogens is 2. The van der Waals surface area contributed by atoms with E-state index in [9.17, 15) is 18.0 Å². The summed E-state index contributed by atoms with van der Waals surface area (Å²) in [6.45, 7) is 0. The highest BCUT2D eigenvalue weighted by Gasteiger charge is 2.40. The largest absolute Gasteiger partial charge is 0.497 e. The predicted octanol–water partition coefficient (Wildman–Crippen LogP) is 6.89. The Labute approximate surface area is 196 Å². The van der Waals surface area contributed by atoms with E-state index < -0.39 is 17.4 Å². The molecule has 5 aromatic rings. The molecular weight excluding hydrogens is 465 g/mol. The van der Waals surface area contributed by atoms with Crippen LogP contribution in [0.3, 0.4) is 0 Å². The second-order valence-electron chi connectivity index (χ2n) is 7.63. The standard InChI is InChI=1S/C26H16ClF3N2O2/c1-34-18-11-12-19-20(14-18)22(15-7-9-17(27)10-8-15)24(26(28,29)30)32(25(19)33)21-6-2-4-16-5-3-13-31-23(16)21/h2-14H,1H3. The van der Waals surface area contributed by atoms with Gasteiger partial charge in [-0.3, -0.25) is 14.3 Å². The van der Waals surface area contributed by atoms with Crippen molar-refractivity contribution in [1.29, 1.82) is 0 Å². The van der Waals surface area contributed by atoms with Gasteiger partial charge in [0, 0.05) is 32.9 Å². The van der Waals surface area contributed by atoms with Gasteiger partial charge in [-0.25, -0.2) is 0 Å². The fourth-order valence-corrected chi connectivity index (χ4v) is 4.31. The molecule has 8 heteroatoms. The predicted molar refractivity (Wildman–Crippen MR) is 127 cm³/mol. The Balaban J connectivity index is 2.04. The Morgan fingerprint density at radius 1 is 0.941 bits per heavy atom. The molecule has 5 rings (SSSR count). The molecular formula is C26H16ClF3N2O2. The number of methoxy groups -OCH3 is 1. The molecule has 0 amide bonds. The molecule has 34 heavy (non-hydrogen) atoms. The van der Waals surface area contributed by atoms with Gasteiger partial charge in [0.15, 0.2) is 0 Å². The molecule has 0 saturated heterocycles. The van der Waals surface area contributed by atoms with E-state index in [0.717, 1.165) is 0 Å². The van der Waals surface area contributed by atoms with Gasteiger partial charge in [0.05, 0.1) is 18.3 Å². The molecule has 0 saturated carbocycles. The third-order valence-electron chi connectivity index (χ3n) is 5.64. The molecule has 0 atom stereocenters. The van der Waals surface area contributed by atoms with Crippen LogP contribution in [0.25, 0.3) is 38.5 Å². The Bertz CT molecular complexity index is 1600. The molecule has 0 aliphatic rings. The minimum absolute atomic E-state index is 0.0448. The first kappa shape index (κ1) is 22.0. The first-order chi connectivity index (χ1) is 16.3. The molecule has 0 aliphatic heterocycles. The maximum absolute atomic E-state index is 14.8. The number of ether oxygens (including phenoxy) is 1. The van der Waals surface area contributed by atoms with Gasteiger partial charge >= 0.3 is 6.18 Å². The van der Waals surface area contributed by atoms with Crippen molar-refractivity contribution in [3.63, 3.8) is 0 Å². The fraction of sp³-hybridized carbons (Fsp3) is 0.0769. The smallest absolute Gasteiger partial charge is 0.432 e. The van der Waals surface area contributed by atoms with Crippen molar-refractivity contribution in [2.24, 2.45) is 0 Å². The van der Waals surface area contributed by atoms with Crippen molar-refractivity contribution in [2.75, 3.05) is 7.11 Å². The number of para-hydroxylation sites is 1. The van der Waals surface area contributed by atoms with Crippen LogP contribution in [0.4, 0.5) is 13.2 Å². The Morgan fingerprint density at radius 2 is 1.68 bits per heavy atom. The summed E-state index contributed by atoms with van der Waals surface area (Å²) in [4.78, 5) is 17.9. The average Bonchev–Trinajstić information content (AvgIpc) is 2.83. The normalized spacial score (nSPS) is 11.8. The van der Waals surface area contributed by atoms with Gasteiger partial charge in [-0.15, -0.1) is 0 Å². The van der Waals surface area contributed by atoms with Crippen LogP contribution >= 0.6 is 11.6 Å². The maximum atomic E-state index is 14.8. The lowest BCUT2D eigenvalue weighted by Crippen LogP contribution is -2.28. The highest BCUT2D eigenvalue weighted by molar-refractivity contribution is 6.30. The van der Waals surface area contributed by atoms with Gasteiger partial charge in [-0.1, -0.05) is 41.9 Å². The highest BCUT2D eigenvalue weighted by atomic mass is 35.5. The molecule has 2 heterocycles. The Morgan fingerprint density at radius 3 is 2.38 bits per heavy atom. The van der Waals surface area contributed by atoms with E-state index in [-0.39, 0.29) is 33.1 Å². The summed E-state index contributed by atoms with van der Waals surface area (Å²) in [6, 6.07) is 18.7. The summed E-state index contributed by atoms with van der Waals surface area (Å²) in [6.07, 6.45) is -3.39. The summed E-state index contributed by atoms with van der Waals surface area (Å²) in [5.41, 5.74) is -1.46. The van der Waals surface area contributed by atoms with Crippen LogP contribution in [0.2, 0.25) is 5.02 Å². The zero-order chi connectivity index (χ0) is 24.0. The van der Waals surface area contributed by atoms with E-state index in [0.29, 0.717) is 20.7 Å². The van der Waals surface area contributed by atoms with Gasteiger partial charge in [-0.05, 0) is 48.0 Å². The third-order valence-corrected chi connectivity index (χ3v) is 5.90. The molecule has 0 fully saturated rings. The number of rotatable bonds is 3. The molecule has 0 unspecified atom stereocenters. The lowest BCUT2D eigenvalue weighted by atomic mass is 9.95. The van der Waals surface area contributed by atoms with Gasteiger partial charge in [0.25, 0.3) is 5.56 Å². The quantitative estimate of drug-likeness (QED) is 0.282. The number of halogens is 4. The number of hydrogen-bond acceptors (Lipinski definition) is 3. The van der Waals surface area contributed by atoms with Crippen molar-refractivity contribution in [3.05, 3.63) is 100 Å². The van der Waals surface area contributed by atoms with E-state index in [1.54, 1.807) is 30.3 Å². The van der Waals surface area contributed by atoms with Gasteiger partial charge in [0.1, 0.15) is 11.4 Å². The minimum Gasteiger partial charge on any atom is -0.497 e. The lowest BCUT2D eigenvalue weighted by molar-refractivity contribution is -0.142. The second kappa shape index (κ2) is 8.18. The zero-order valence-electron chi connectivity index (χ0n) is 17.7. The van der Waals surface area contributed by atoms with Gasteiger partial charge in [0.2, 0.25) is 0 Å². The molecule has 0 radical (unpaired) electrons. The van der Waals surface area contributed by atoms with Crippen molar-refractivity contribution >= 4 is 33.3 Å². The lowest BCUT2D eigenvalue weighted by Gasteiger charge is -2.22. The number of nitrogens with zero attached hydrogens (tertiary/aromatic N) is 2. The van der Waals surface area contributed by atoms with Crippen molar-refractivity contribution in [3.8, 4) is 22.6 Å². The summed E-state index contributed by atoms with van der Waals surface area (Å²) in [7, 11) is 1.41. The van der Waals surface area contributed by atoms with Gasteiger partial charge in [-0.2, -0.15) is 13.2 Å².